The Balaban J connectivity index is 2.00. The Morgan fingerprint density at radius 3 is 2.19 bits per heavy atom. The van der Waals surface area contributed by atoms with Gasteiger partial charge in [0.25, 0.3) is 10.0 Å². The van der Waals surface area contributed by atoms with Crippen molar-refractivity contribution in [3.05, 3.63) is 94.5 Å². The van der Waals surface area contributed by atoms with E-state index in [-0.39, 0.29) is 33.1 Å². The van der Waals surface area contributed by atoms with Crippen molar-refractivity contribution in [3.63, 3.8) is 0 Å². The summed E-state index contributed by atoms with van der Waals surface area (Å²) >= 11 is 12.6. The number of carbonyl (C=O) groups excluding carboxylic acids is 2. The zero-order valence-corrected chi connectivity index (χ0v) is 22.9. The van der Waals surface area contributed by atoms with Crippen molar-refractivity contribution >= 4 is 50.7 Å². The molecule has 37 heavy (non-hydrogen) atoms. The molecule has 196 valence electrons. The van der Waals surface area contributed by atoms with Crippen LogP contribution in [-0.2, 0) is 26.0 Å². The summed E-state index contributed by atoms with van der Waals surface area (Å²) in [4.78, 5) is 27.8. The molecule has 0 aromatic heterocycles. The van der Waals surface area contributed by atoms with Gasteiger partial charge in [-0.05, 0) is 56.2 Å². The topological polar surface area (TPSA) is 86.8 Å². The molecule has 0 radical (unpaired) electrons. The minimum Gasteiger partial charge on any atom is -0.355 e. The van der Waals surface area contributed by atoms with Crippen LogP contribution in [0.4, 0.5) is 5.69 Å². The van der Waals surface area contributed by atoms with Crippen LogP contribution in [0.15, 0.2) is 83.8 Å². The van der Waals surface area contributed by atoms with E-state index in [1.54, 1.807) is 32.0 Å². The van der Waals surface area contributed by atoms with E-state index in [9.17, 15) is 18.0 Å². The van der Waals surface area contributed by atoms with E-state index in [4.69, 9.17) is 23.2 Å². The van der Waals surface area contributed by atoms with Crippen LogP contribution in [0.2, 0.25) is 10.0 Å². The van der Waals surface area contributed by atoms with Gasteiger partial charge >= 0.3 is 0 Å². The number of hydrogen-bond donors (Lipinski definition) is 1. The van der Waals surface area contributed by atoms with Gasteiger partial charge in [0.05, 0.1) is 15.6 Å². The normalized spacial score (nSPS) is 12.0. The van der Waals surface area contributed by atoms with Gasteiger partial charge in [-0.2, -0.15) is 0 Å². The second-order valence-corrected chi connectivity index (χ2v) is 11.0. The third-order valence-electron chi connectivity index (χ3n) is 5.79. The van der Waals surface area contributed by atoms with Gasteiger partial charge in [-0.3, -0.25) is 13.9 Å². The number of benzene rings is 3. The first-order valence-electron chi connectivity index (χ1n) is 11.8. The van der Waals surface area contributed by atoms with Crippen LogP contribution in [-0.4, -0.2) is 50.8 Å². The van der Waals surface area contributed by atoms with Crippen molar-refractivity contribution in [2.45, 2.75) is 31.2 Å². The summed E-state index contributed by atoms with van der Waals surface area (Å²) in [5.41, 5.74) is 1.05. The average molecular weight is 563 g/mol. The number of halogens is 2. The van der Waals surface area contributed by atoms with Gasteiger partial charge in [-0.15, -0.1) is 0 Å². The summed E-state index contributed by atoms with van der Waals surface area (Å²) in [6, 6.07) is 20.9. The van der Waals surface area contributed by atoms with Crippen molar-refractivity contribution in [1.29, 1.82) is 0 Å². The van der Waals surface area contributed by atoms with Crippen LogP contribution >= 0.6 is 23.2 Å². The molecule has 0 aliphatic carbocycles. The number of nitrogens with zero attached hydrogens (tertiary/aromatic N) is 2. The van der Waals surface area contributed by atoms with Crippen LogP contribution in [0.5, 0.6) is 0 Å². The second kappa shape index (κ2) is 12.9. The lowest BCUT2D eigenvalue weighted by Crippen LogP contribution is -2.52. The maximum atomic E-state index is 13.7. The van der Waals surface area contributed by atoms with Gasteiger partial charge in [-0.1, -0.05) is 71.7 Å². The van der Waals surface area contributed by atoms with E-state index in [1.807, 2.05) is 30.3 Å². The molecular weight excluding hydrogens is 533 g/mol. The highest BCUT2D eigenvalue weighted by molar-refractivity contribution is 7.92. The molecule has 0 fully saturated rings. The molecule has 0 aliphatic rings. The molecule has 1 N–H and O–H groups in total. The number of likely N-dealkylation sites (N-methyl/N-ethyl adjacent to an activating group) is 1. The minimum absolute atomic E-state index is 0.00791. The number of nitrogens with one attached hydrogen (secondary N) is 1. The number of anilines is 1. The third-order valence-corrected chi connectivity index (χ3v) is 8.12. The average Bonchev–Trinajstić information content (AvgIpc) is 2.90. The Hall–Kier alpha value is -3.07. The first kappa shape index (κ1) is 28.5. The third kappa shape index (κ3) is 7.25. The van der Waals surface area contributed by atoms with Gasteiger partial charge in [-0.25, -0.2) is 8.42 Å². The van der Waals surface area contributed by atoms with Crippen LogP contribution in [0.3, 0.4) is 0 Å². The quantitative estimate of drug-likeness (QED) is 0.364. The fourth-order valence-corrected chi connectivity index (χ4v) is 5.68. The van der Waals surface area contributed by atoms with E-state index in [0.29, 0.717) is 13.0 Å². The summed E-state index contributed by atoms with van der Waals surface area (Å²) in [5, 5.41) is 3.11. The minimum atomic E-state index is -4.20. The summed E-state index contributed by atoms with van der Waals surface area (Å²) in [5.74, 6) is -0.882. The number of carbonyl (C=O) groups is 2. The molecule has 0 heterocycles. The lowest BCUT2D eigenvalue weighted by molar-refractivity contribution is -0.138. The summed E-state index contributed by atoms with van der Waals surface area (Å²) in [6.45, 7) is 3.45. The zero-order chi connectivity index (χ0) is 27.0. The monoisotopic (exact) mass is 561 g/mol. The van der Waals surface area contributed by atoms with E-state index in [0.717, 1.165) is 9.87 Å². The zero-order valence-electron chi connectivity index (χ0n) is 20.6. The van der Waals surface area contributed by atoms with E-state index in [2.05, 4.69) is 5.32 Å². The molecule has 1 unspecified atom stereocenters. The van der Waals surface area contributed by atoms with Crippen LogP contribution < -0.4 is 9.62 Å². The number of sulfonamides is 1. The highest BCUT2D eigenvalue weighted by Gasteiger charge is 2.33. The molecule has 0 saturated heterocycles. The molecule has 3 rings (SSSR count). The first-order chi connectivity index (χ1) is 17.6. The van der Waals surface area contributed by atoms with Crippen LogP contribution in [0, 0.1) is 0 Å². The standard InChI is InChI=1S/C27H29Cl2N3O4S/c1-3-30-27(34)20(2)31(17-16-21-10-6-4-7-11-21)26(33)19-32(25-18-22(28)14-15-24(25)29)37(35,36)23-12-8-5-9-13-23/h4-15,18,20H,3,16-17,19H2,1-2H3,(H,30,34). The SMILES string of the molecule is CCNC(=O)C(C)N(CCc1ccccc1)C(=O)CN(c1cc(Cl)ccc1Cl)S(=O)(=O)c1ccccc1. The van der Waals surface area contributed by atoms with E-state index in [1.165, 1.54) is 35.2 Å². The smallest absolute Gasteiger partial charge is 0.264 e. The van der Waals surface area contributed by atoms with E-state index < -0.39 is 28.5 Å². The lowest BCUT2D eigenvalue weighted by atomic mass is 10.1. The Kier molecular flexibility index (Phi) is 9.97. The summed E-state index contributed by atoms with van der Waals surface area (Å²) in [6.07, 6.45) is 0.486. The van der Waals surface area contributed by atoms with Crippen molar-refractivity contribution in [1.82, 2.24) is 10.2 Å². The lowest BCUT2D eigenvalue weighted by Gasteiger charge is -2.32. The molecule has 10 heteroatoms. The molecule has 0 saturated carbocycles. The molecular formula is C27H29Cl2N3O4S. The molecule has 0 aliphatic heterocycles. The second-order valence-electron chi connectivity index (χ2n) is 8.31. The largest absolute Gasteiger partial charge is 0.355 e. The number of hydrogen-bond acceptors (Lipinski definition) is 4. The molecule has 1 atom stereocenters. The highest BCUT2D eigenvalue weighted by Crippen LogP contribution is 2.33. The first-order valence-corrected chi connectivity index (χ1v) is 14.0. The van der Waals surface area contributed by atoms with Gasteiger partial charge < -0.3 is 10.2 Å². The van der Waals surface area contributed by atoms with Gasteiger partial charge in [0.2, 0.25) is 11.8 Å². The predicted octanol–water partition coefficient (Wildman–Crippen LogP) is 4.78. The van der Waals surface area contributed by atoms with Crippen LogP contribution in [0.1, 0.15) is 19.4 Å². The van der Waals surface area contributed by atoms with E-state index >= 15 is 0 Å². The van der Waals surface area contributed by atoms with Gasteiger partial charge in [0, 0.05) is 18.1 Å². The Bertz CT molecular complexity index is 1320. The molecule has 3 aromatic carbocycles. The van der Waals surface area contributed by atoms with Crippen molar-refractivity contribution in [3.8, 4) is 0 Å². The van der Waals surface area contributed by atoms with Crippen molar-refractivity contribution in [2.24, 2.45) is 0 Å². The Morgan fingerprint density at radius 1 is 0.946 bits per heavy atom. The fraction of sp³-hybridized carbons (Fsp3) is 0.259. The molecule has 0 spiro atoms. The number of rotatable bonds is 11. The number of amides is 2. The van der Waals surface area contributed by atoms with Crippen molar-refractivity contribution in [2.75, 3.05) is 23.9 Å². The predicted molar refractivity (Wildman–Crippen MR) is 147 cm³/mol. The summed E-state index contributed by atoms with van der Waals surface area (Å²) in [7, 11) is -4.20. The molecule has 0 bridgehead atoms. The van der Waals surface area contributed by atoms with Gasteiger partial charge in [0.1, 0.15) is 12.6 Å². The maximum absolute atomic E-state index is 13.7. The highest BCUT2D eigenvalue weighted by atomic mass is 35.5. The van der Waals surface area contributed by atoms with Crippen molar-refractivity contribution < 1.29 is 18.0 Å². The Morgan fingerprint density at radius 2 is 1.57 bits per heavy atom. The fourth-order valence-electron chi connectivity index (χ4n) is 3.80. The molecule has 2 amide bonds. The van der Waals surface area contributed by atoms with Gasteiger partial charge in [0.15, 0.2) is 0 Å². The molecule has 7 nitrogen and oxygen atoms in total. The Labute approximate surface area is 228 Å². The summed E-state index contributed by atoms with van der Waals surface area (Å²) < 4.78 is 28.4. The van der Waals surface area contributed by atoms with Crippen LogP contribution in [0.25, 0.3) is 0 Å². The molecule has 3 aromatic rings. The maximum Gasteiger partial charge on any atom is 0.264 e.